The molecule has 1 fully saturated rings. The molecule has 10 nitrogen and oxygen atoms in total. The fourth-order valence-electron chi connectivity index (χ4n) is 4.46. The second kappa shape index (κ2) is 9.40. The van der Waals surface area contributed by atoms with Crippen LogP contribution >= 0.6 is 0 Å². The van der Waals surface area contributed by atoms with Gasteiger partial charge in [0.1, 0.15) is 12.0 Å². The number of halogens is 1. The van der Waals surface area contributed by atoms with Gasteiger partial charge in [-0.25, -0.2) is 19.2 Å². The highest BCUT2D eigenvalue weighted by atomic mass is 19.1. The summed E-state index contributed by atoms with van der Waals surface area (Å²) in [5, 5.41) is 2.95. The Bertz CT molecular complexity index is 1480. The molecule has 2 atom stereocenters. The maximum absolute atomic E-state index is 14.4. The minimum absolute atomic E-state index is 0.219. The molecule has 36 heavy (non-hydrogen) atoms. The van der Waals surface area contributed by atoms with Crippen molar-refractivity contribution in [1.29, 1.82) is 0 Å². The number of alkyl halides is 1. The Kier molecular flexibility index (Phi) is 6.13. The largest absolute Gasteiger partial charge is 0.350 e. The van der Waals surface area contributed by atoms with Crippen molar-refractivity contribution in [3.05, 3.63) is 64.8 Å². The number of hydrogen-bond donors (Lipinski definition) is 2. The molecular weight excluding hydrogens is 463 g/mol. The monoisotopic (exact) mass is 490 g/mol. The maximum Gasteiger partial charge on any atom is 0.327 e. The Balaban J connectivity index is 1.31. The lowest BCUT2D eigenvalue weighted by molar-refractivity contribution is 0.0951. The number of benzene rings is 1. The van der Waals surface area contributed by atoms with E-state index in [2.05, 4.69) is 25.3 Å². The van der Waals surface area contributed by atoms with Gasteiger partial charge in [0, 0.05) is 57.6 Å². The second-order valence-corrected chi connectivity index (χ2v) is 9.12. The summed E-state index contributed by atoms with van der Waals surface area (Å²) in [4.78, 5) is 44.3. The molecule has 0 unspecified atom stereocenters. The Hall–Kier alpha value is -4.28. The lowest BCUT2D eigenvalue weighted by atomic mass is 10.0. The molecule has 1 amide bonds. The summed E-state index contributed by atoms with van der Waals surface area (Å²) in [6.45, 7) is 0.501. The van der Waals surface area contributed by atoms with Crippen LogP contribution in [0.4, 0.5) is 16.2 Å². The number of aromatic amines is 1. The smallest absolute Gasteiger partial charge is 0.327 e. The lowest BCUT2D eigenvalue weighted by Crippen LogP contribution is -2.40. The molecule has 4 heterocycles. The molecule has 1 aromatic carbocycles. The van der Waals surface area contributed by atoms with Gasteiger partial charge < -0.3 is 15.1 Å². The molecule has 2 N–H and O–H groups in total. The molecule has 0 saturated carbocycles. The highest BCUT2D eigenvalue weighted by Crippen LogP contribution is 2.27. The van der Waals surface area contributed by atoms with Gasteiger partial charge in [-0.15, -0.1) is 0 Å². The average Bonchev–Trinajstić information content (AvgIpc) is 3.40. The Morgan fingerprint density at radius 2 is 2.06 bits per heavy atom. The number of anilines is 2. The predicted octanol–water partition coefficient (Wildman–Crippen LogP) is 2.13. The Labute approximate surface area is 206 Å². The van der Waals surface area contributed by atoms with Crippen LogP contribution < -0.4 is 20.8 Å². The molecular formula is C25H27FN8O2. The number of aryl methyl sites for hydroxylation is 1. The molecule has 0 aliphatic carbocycles. The van der Waals surface area contributed by atoms with Crippen molar-refractivity contribution < 1.29 is 9.18 Å². The van der Waals surface area contributed by atoms with Gasteiger partial charge in [-0.05, 0) is 29.8 Å². The minimum atomic E-state index is -1.00. The van der Waals surface area contributed by atoms with E-state index in [-0.39, 0.29) is 30.7 Å². The van der Waals surface area contributed by atoms with Crippen LogP contribution in [-0.2, 0) is 7.05 Å². The molecule has 1 saturated heterocycles. The van der Waals surface area contributed by atoms with Gasteiger partial charge in [-0.1, -0.05) is 12.1 Å². The number of nitrogens with zero attached hydrogens (tertiary/aromatic N) is 6. The first-order valence-corrected chi connectivity index (χ1v) is 11.6. The molecule has 0 bridgehead atoms. The van der Waals surface area contributed by atoms with Gasteiger partial charge in [0.25, 0.3) is 5.91 Å². The molecule has 0 spiro atoms. The standard InChI is InChI=1S/C25H27FN8O2/c1-32(2)24-27-8-7-21(30-24)34-14-18(26)11-19(34)13-29-23(35)16-6-4-5-15(9-16)17-10-20-22(28-12-17)31-25(36)33(20)3/h4-10,12,18-19H,11,13-14H2,1-3H3,(H,29,35)(H,28,31,36)/t18-,19-/m0/s1. The van der Waals surface area contributed by atoms with E-state index in [1.165, 1.54) is 4.57 Å². The lowest BCUT2D eigenvalue weighted by Gasteiger charge is -2.26. The number of pyridine rings is 1. The number of fused-ring (bicyclic) bond motifs is 1. The highest BCUT2D eigenvalue weighted by Gasteiger charge is 2.33. The van der Waals surface area contributed by atoms with Gasteiger partial charge >= 0.3 is 5.69 Å². The summed E-state index contributed by atoms with van der Waals surface area (Å²) in [7, 11) is 5.37. The van der Waals surface area contributed by atoms with E-state index in [1.54, 1.807) is 48.6 Å². The van der Waals surface area contributed by atoms with E-state index in [4.69, 9.17) is 0 Å². The summed E-state index contributed by atoms with van der Waals surface area (Å²) in [5.41, 5.74) is 3.02. The topological polar surface area (TPSA) is 112 Å². The van der Waals surface area contributed by atoms with E-state index in [0.717, 1.165) is 11.1 Å². The zero-order valence-corrected chi connectivity index (χ0v) is 20.3. The number of carbonyl (C=O) groups is 1. The van der Waals surface area contributed by atoms with E-state index in [9.17, 15) is 14.0 Å². The fourth-order valence-corrected chi connectivity index (χ4v) is 4.46. The molecule has 186 valence electrons. The van der Waals surface area contributed by atoms with Crippen LogP contribution in [-0.4, -0.2) is 69.8 Å². The predicted molar refractivity (Wildman–Crippen MR) is 136 cm³/mol. The van der Waals surface area contributed by atoms with Crippen LogP contribution in [0.25, 0.3) is 22.3 Å². The van der Waals surface area contributed by atoms with E-state index in [0.29, 0.717) is 34.9 Å². The van der Waals surface area contributed by atoms with Crippen molar-refractivity contribution >= 4 is 28.8 Å². The normalized spacial score (nSPS) is 17.5. The molecule has 0 radical (unpaired) electrons. The molecule has 1 aliphatic heterocycles. The van der Waals surface area contributed by atoms with Crippen molar-refractivity contribution in [1.82, 2.24) is 29.8 Å². The number of hydrogen-bond acceptors (Lipinski definition) is 7. The van der Waals surface area contributed by atoms with Crippen molar-refractivity contribution in [2.75, 3.05) is 37.0 Å². The van der Waals surface area contributed by atoms with Gasteiger partial charge in [-0.2, -0.15) is 4.98 Å². The maximum atomic E-state index is 14.4. The number of carbonyl (C=O) groups excluding carboxylic acids is 1. The summed E-state index contributed by atoms with van der Waals surface area (Å²) in [6.07, 6.45) is 2.63. The fraction of sp³-hybridized carbons (Fsp3) is 0.320. The quantitative estimate of drug-likeness (QED) is 0.426. The third-order valence-corrected chi connectivity index (χ3v) is 6.40. The van der Waals surface area contributed by atoms with E-state index >= 15 is 0 Å². The van der Waals surface area contributed by atoms with Crippen LogP contribution in [0.1, 0.15) is 16.8 Å². The number of nitrogens with one attached hydrogen (secondary N) is 2. The molecule has 4 aromatic rings. The SMILES string of the molecule is CN(C)c1nccc(N2C[C@@H](F)C[C@H]2CNC(=O)c2cccc(-c3cnc4[nH]c(=O)n(C)c4c3)c2)n1. The van der Waals surface area contributed by atoms with Crippen LogP contribution in [0, 0.1) is 0 Å². The number of rotatable bonds is 6. The Morgan fingerprint density at radius 1 is 1.22 bits per heavy atom. The summed E-state index contributed by atoms with van der Waals surface area (Å²) in [6, 6.07) is 10.6. The summed E-state index contributed by atoms with van der Waals surface area (Å²) in [5.74, 6) is 0.929. The highest BCUT2D eigenvalue weighted by molar-refractivity contribution is 5.95. The van der Waals surface area contributed by atoms with Gasteiger partial charge in [0.2, 0.25) is 5.95 Å². The third kappa shape index (κ3) is 4.51. The number of H-pyrrole nitrogens is 1. The zero-order valence-electron chi connectivity index (χ0n) is 20.3. The summed E-state index contributed by atoms with van der Waals surface area (Å²) >= 11 is 0. The molecule has 5 rings (SSSR count). The van der Waals surface area contributed by atoms with Crippen molar-refractivity contribution in [3.8, 4) is 11.1 Å². The van der Waals surface area contributed by atoms with Crippen LogP contribution in [0.5, 0.6) is 0 Å². The van der Waals surface area contributed by atoms with Crippen LogP contribution in [0.15, 0.2) is 53.6 Å². The molecule has 3 aromatic heterocycles. The van der Waals surface area contributed by atoms with E-state index < -0.39 is 6.17 Å². The van der Waals surface area contributed by atoms with Crippen LogP contribution in [0.2, 0.25) is 0 Å². The first-order valence-electron chi connectivity index (χ1n) is 11.6. The number of imidazole rings is 1. The average molecular weight is 491 g/mol. The second-order valence-electron chi connectivity index (χ2n) is 9.12. The number of aromatic nitrogens is 5. The molecule has 1 aliphatic rings. The minimum Gasteiger partial charge on any atom is -0.350 e. The summed E-state index contributed by atoms with van der Waals surface area (Å²) < 4.78 is 15.9. The first kappa shape index (κ1) is 23.5. The van der Waals surface area contributed by atoms with Gasteiger partial charge in [0.05, 0.1) is 18.1 Å². The van der Waals surface area contributed by atoms with Crippen LogP contribution in [0.3, 0.4) is 0 Å². The van der Waals surface area contributed by atoms with Crippen molar-refractivity contribution in [2.45, 2.75) is 18.6 Å². The third-order valence-electron chi connectivity index (χ3n) is 6.40. The van der Waals surface area contributed by atoms with Crippen molar-refractivity contribution in [3.63, 3.8) is 0 Å². The number of amides is 1. The van der Waals surface area contributed by atoms with Crippen molar-refractivity contribution in [2.24, 2.45) is 7.05 Å². The zero-order chi connectivity index (χ0) is 25.4. The first-order chi connectivity index (χ1) is 17.3. The molecule has 11 heteroatoms. The van der Waals surface area contributed by atoms with Gasteiger partial charge in [0.15, 0.2) is 5.65 Å². The Morgan fingerprint density at radius 3 is 2.86 bits per heavy atom. The van der Waals surface area contributed by atoms with Gasteiger partial charge in [-0.3, -0.25) is 14.3 Å². The van der Waals surface area contributed by atoms with E-state index in [1.807, 2.05) is 31.1 Å².